The van der Waals surface area contributed by atoms with Gasteiger partial charge in [0, 0.05) is 6.04 Å². The molecule has 0 bridgehead atoms. The molecule has 2 nitrogen and oxygen atoms in total. The first-order valence-electron chi connectivity index (χ1n) is 5.73. The lowest BCUT2D eigenvalue weighted by Crippen LogP contribution is -2.33. The van der Waals surface area contributed by atoms with Gasteiger partial charge in [-0.3, -0.25) is 0 Å². The molecule has 0 heterocycles. The highest BCUT2D eigenvalue weighted by Gasteiger charge is 2.13. The fraction of sp³-hybridized carbons (Fsp3) is 0.538. The minimum Gasteiger partial charge on any atom is -0.394 e. The molecule has 0 aliphatic heterocycles. The Morgan fingerprint density at radius 3 is 2.20 bits per heavy atom. The van der Waals surface area contributed by atoms with Crippen molar-refractivity contribution in [3.8, 4) is 0 Å². The molecule has 0 aliphatic carbocycles. The van der Waals surface area contributed by atoms with Gasteiger partial charge in [-0.15, -0.1) is 0 Å². The molecule has 0 fully saturated rings. The summed E-state index contributed by atoms with van der Waals surface area (Å²) in [6, 6.07) is 10.7. The van der Waals surface area contributed by atoms with Crippen molar-refractivity contribution in [2.24, 2.45) is 0 Å². The zero-order valence-corrected chi connectivity index (χ0v) is 9.61. The second-order valence-corrected chi connectivity index (χ2v) is 3.83. The first kappa shape index (κ1) is 12.2. The van der Waals surface area contributed by atoms with Crippen molar-refractivity contribution in [1.82, 2.24) is 5.32 Å². The molecular weight excluding hydrogens is 186 g/mol. The number of hydrogen-bond acceptors (Lipinski definition) is 2. The monoisotopic (exact) mass is 207 g/mol. The SMILES string of the molecule is CCC(CC)N[C@H](CO)c1ccccc1. The van der Waals surface area contributed by atoms with E-state index in [-0.39, 0.29) is 12.6 Å². The number of aliphatic hydroxyl groups excluding tert-OH is 1. The van der Waals surface area contributed by atoms with Crippen molar-refractivity contribution < 1.29 is 5.11 Å². The van der Waals surface area contributed by atoms with Gasteiger partial charge in [-0.1, -0.05) is 44.2 Å². The minimum absolute atomic E-state index is 0.0658. The summed E-state index contributed by atoms with van der Waals surface area (Å²) < 4.78 is 0. The number of nitrogens with one attached hydrogen (secondary N) is 1. The maximum Gasteiger partial charge on any atom is 0.0626 e. The van der Waals surface area contributed by atoms with Gasteiger partial charge in [-0.2, -0.15) is 0 Å². The smallest absolute Gasteiger partial charge is 0.0626 e. The van der Waals surface area contributed by atoms with E-state index in [0.29, 0.717) is 6.04 Å². The van der Waals surface area contributed by atoms with Gasteiger partial charge in [0.05, 0.1) is 12.6 Å². The molecule has 2 heteroatoms. The summed E-state index contributed by atoms with van der Waals surface area (Å²) in [5.41, 5.74) is 1.16. The molecule has 1 aromatic rings. The number of hydrogen-bond donors (Lipinski definition) is 2. The van der Waals surface area contributed by atoms with Crippen molar-refractivity contribution in [3.05, 3.63) is 35.9 Å². The largest absolute Gasteiger partial charge is 0.394 e. The molecule has 0 amide bonds. The Bertz CT molecular complexity index is 256. The number of benzene rings is 1. The molecule has 0 spiro atoms. The van der Waals surface area contributed by atoms with Crippen LogP contribution in [0.15, 0.2) is 30.3 Å². The maximum atomic E-state index is 9.36. The van der Waals surface area contributed by atoms with Crippen LogP contribution >= 0.6 is 0 Å². The Labute approximate surface area is 92.3 Å². The molecule has 1 atom stereocenters. The average Bonchev–Trinajstić information content (AvgIpc) is 2.32. The summed E-state index contributed by atoms with van der Waals surface area (Å²) in [6.07, 6.45) is 2.19. The maximum absolute atomic E-state index is 9.36. The Morgan fingerprint density at radius 1 is 1.13 bits per heavy atom. The van der Waals surface area contributed by atoms with Crippen LogP contribution in [0.1, 0.15) is 38.3 Å². The molecule has 84 valence electrons. The van der Waals surface area contributed by atoms with Crippen LogP contribution in [0.3, 0.4) is 0 Å². The van der Waals surface area contributed by atoms with Crippen molar-refractivity contribution >= 4 is 0 Å². The molecule has 0 aromatic heterocycles. The molecule has 0 aliphatic rings. The van der Waals surface area contributed by atoms with Gasteiger partial charge in [-0.05, 0) is 18.4 Å². The highest BCUT2D eigenvalue weighted by atomic mass is 16.3. The molecular formula is C13H21NO. The van der Waals surface area contributed by atoms with Gasteiger partial charge in [0.1, 0.15) is 0 Å². The Hall–Kier alpha value is -0.860. The van der Waals surface area contributed by atoms with Crippen LogP contribution in [-0.4, -0.2) is 17.8 Å². The Morgan fingerprint density at radius 2 is 1.73 bits per heavy atom. The predicted molar refractivity (Wildman–Crippen MR) is 63.8 cm³/mol. The highest BCUT2D eigenvalue weighted by molar-refractivity contribution is 5.19. The normalized spacial score (nSPS) is 13.1. The van der Waals surface area contributed by atoms with Crippen LogP contribution in [0.5, 0.6) is 0 Å². The van der Waals surface area contributed by atoms with E-state index in [4.69, 9.17) is 0 Å². The van der Waals surface area contributed by atoms with Crippen LogP contribution < -0.4 is 5.32 Å². The third-order valence-corrected chi connectivity index (χ3v) is 2.81. The lowest BCUT2D eigenvalue weighted by Gasteiger charge is -2.23. The van der Waals surface area contributed by atoms with Crippen LogP contribution in [0.25, 0.3) is 0 Å². The van der Waals surface area contributed by atoms with Gasteiger partial charge in [-0.25, -0.2) is 0 Å². The molecule has 1 aromatic carbocycles. The van der Waals surface area contributed by atoms with E-state index in [2.05, 4.69) is 31.3 Å². The summed E-state index contributed by atoms with van der Waals surface area (Å²) in [5, 5.41) is 12.8. The van der Waals surface area contributed by atoms with E-state index in [1.807, 2.05) is 18.2 Å². The van der Waals surface area contributed by atoms with E-state index in [9.17, 15) is 5.11 Å². The topological polar surface area (TPSA) is 32.3 Å². The first-order valence-corrected chi connectivity index (χ1v) is 5.73. The van der Waals surface area contributed by atoms with E-state index < -0.39 is 0 Å². The third-order valence-electron chi connectivity index (χ3n) is 2.81. The second-order valence-electron chi connectivity index (χ2n) is 3.83. The summed E-state index contributed by atoms with van der Waals surface area (Å²) in [4.78, 5) is 0. The van der Waals surface area contributed by atoms with E-state index in [0.717, 1.165) is 18.4 Å². The molecule has 1 rings (SSSR count). The molecule has 0 radical (unpaired) electrons. The van der Waals surface area contributed by atoms with Crippen molar-refractivity contribution in [1.29, 1.82) is 0 Å². The molecule has 0 saturated heterocycles. The third kappa shape index (κ3) is 3.65. The Kier molecular flexibility index (Phi) is 5.37. The number of rotatable bonds is 6. The van der Waals surface area contributed by atoms with Crippen LogP contribution in [0, 0.1) is 0 Å². The van der Waals surface area contributed by atoms with Gasteiger partial charge in [0.15, 0.2) is 0 Å². The quantitative estimate of drug-likeness (QED) is 0.751. The van der Waals surface area contributed by atoms with E-state index in [1.165, 1.54) is 0 Å². The molecule has 15 heavy (non-hydrogen) atoms. The fourth-order valence-corrected chi connectivity index (χ4v) is 1.75. The van der Waals surface area contributed by atoms with E-state index >= 15 is 0 Å². The highest BCUT2D eigenvalue weighted by Crippen LogP contribution is 2.13. The van der Waals surface area contributed by atoms with Crippen LogP contribution in [-0.2, 0) is 0 Å². The van der Waals surface area contributed by atoms with E-state index in [1.54, 1.807) is 0 Å². The van der Waals surface area contributed by atoms with Gasteiger partial charge in [0.2, 0.25) is 0 Å². The summed E-state index contributed by atoms with van der Waals surface area (Å²) in [6.45, 7) is 4.49. The van der Waals surface area contributed by atoms with Crippen LogP contribution in [0.2, 0.25) is 0 Å². The lowest BCUT2D eigenvalue weighted by molar-refractivity contribution is 0.230. The zero-order valence-electron chi connectivity index (χ0n) is 9.61. The van der Waals surface area contributed by atoms with Gasteiger partial charge >= 0.3 is 0 Å². The molecule has 0 unspecified atom stereocenters. The molecule has 0 saturated carbocycles. The summed E-state index contributed by atoms with van der Waals surface area (Å²) in [5.74, 6) is 0. The lowest BCUT2D eigenvalue weighted by atomic mass is 10.0. The van der Waals surface area contributed by atoms with Gasteiger partial charge in [0.25, 0.3) is 0 Å². The Balaban J connectivity index is 2.64. The van der Waals surface area contributed by atoms with Gasteiger partial charge < -0.3 is 10.4 Å². The standard InChI is InChI=1S/C13H21NO/c1-3-12(4-2)14-13(10-15)11-8-6-5-7-9-11/h5-9,12-15H,3-4,10H2,1-2H3/t13-/m1/s1. The zero-order chi connectivity index (χ0) is 11.1. The van der Waals surface area contributed by atoms with Crippen molar-refractivity contribution in [2.45, 2.75) is 38.8 Å². The first-order chi connectivity index (χ1) is 7.31. The minimum atomic E-state index is 0.0658. The fourth-order valence-electron chi connectivity index (χ4n) is 1.75. The average molecular weight is 207 g/mol. The second kappa shape index (κ2) is 6.59. The van der Waals surface area contributed by atoms with Crippen molar-refractivity contribution in [3.63, 3.8) is 0 Å². The van der Waals surface area contributed by atoms with Crippen molar-refractivity contribution in [2.75, 3.05) is 6.61 Å². The summed E-state index contributed by atoms with van der Waals surface area (Å²) in [7, 11) is 0. The molecule has 2 N–H and O–H groups in total. The number of aliphatic hydroxyl groups is 1. The predicted octanol–water partition coefficient (Wildman–Crippen LogP) is 2.50. The summed E-state index contributed by atoms with van der Waals surface area (Å²) >= 11 is 0. The van der Waals surface area contributed by atoms with Crippen LogP contribution in [0.4, 0.5) is 0 Å².